The Labute approximate surface area is 152 Å². The summed E-state index contributed by atoms with van der Waals surface area (Å²) < 4.78 is 7.47. The fourth-order valence-electron chi connectivity index (χ4n) is 3.36. The van der Waals surface area contributed by atoms with E-state index in [-0.39, 0.29) is 11.8 Å². The largest absolute Gasteiger partial charge is 0.493 e. The first-order chi connectivity index (χ1) is 12.7. The summed E-state index contributed by atoms with van der Waals surface area (Å²) in [6, 6.07) is 15.8. The quantitative estimate of drug-likeness (QED) is 0.774. The van der Waals surface area contributed by atoms with Gasteiger partial charge in [0.1, 0.15) is 5.75 Å². The summed E-state index contributed by atoms with van der Waals surface area (Å²) >= 11 is 0. The maximum atomic E-state index is 12.7. The Morgan fingerprint density at radius 2 is 2.15 bits per heavy atom. The molecule has 3 aromatic rings. The van der Waals surface area contributed by atoms with Crippen molar-refractivity contribution in [2.45, 2.75) is 25.7 Å². The van der Waals surface area contributed by atoms with Crippen LogP contribution in [-0.2, 0) is 4.79 Å². The Kier molecular flexibility index (Phi) is 4.44. The Balaban J connectivity index is 1.50. The molecular formula is C21H21N3O2. The number of fused-ring (bicyclic) bond motifs is 1. The normalized spacial score (nSPS) is 15.8. The Morgan fingerprint density at radius 1 is 1.27 bits per heavy atom. The topological polar surface area (TPSA) is 56.2 Å². The summed E-state index contributed by atoms with van der Waals surface area (Å²) in [4.78, 5) is 12.7. The number of carbonyl (C=O) groups is 1. The molecule has 1 aliphatic heterocycles. The number of hydrogen-bond acceptors (Lipinski definition) is 3. The molecule has 1 aromatic heterocycles. The lowest BCUT2D eigenvalue weighted by Gasteiger charge is -2.25. The molecule has 5 nitrogen and oxygen atoms in total. The maximum Gasteiger partial charge on any atom is 0.224 e. The maximum absolute atomic E-state index is 12.7. The first-order valence-electron chi connectivity index (χ1n) is 8.83. The zero-order valence-corrected chi connectivity index (χ0v) is 14.7. The van der Waals surface area contributed by atoms with E-state index in [1.807, 2.05) is 55.6 Å². The highest BCUT2D eigenvalue weighted by Gasteiger charge is 2.23. The van der Waals surface area contributed by atoms with E-state index in [1.165, 1.54) is 0 Å². The predicted molar refractivity (Wildman–Crippen MR) is 101 cm³/mol. The van der Waals surface area contributed by atoms with Gasteiger partial charge in [-0.25, -0.2) is 4.68 Å². The number of aromatic nitrogens is 2. The Bertz CT molecular complexity index is 919. The van der Waals surface area contributed by atoms with Crippen molar-refractivity contribution in [2.24, 2.45) is 0 Å². The van der Waals surface area contributed by atoms with Crippen LogP contribution in [0.25, 0.3) is 5.69 Å². The second-order valence-electron chi connectivity index (χ2n) is 6.57. The van der Waals surface area contributed by atoms with Crippen molar-refractivity contribution in [2.75, 3.05) is 11.9 Å². The van der Waals surface area contributed by atoms with Gasteiger partial charge >= 0.3 is 0 Å². The second kappa shape index (κ2) is 7.04. The monoisotopic (exact) mass is 347 g/mol. The van der Waals surface area contributed by atoms with Crippen molar-refractivity contribution < 1.29 is 9.53 Å². The lowest BCUT2D eigenvalue weighted by atomic mass is 9.90. The van der Waals surface area contributed by atoms with Crippen LogP contribution in [0.1, 0.15) is 29.9 Å². The van der Waals surface area contributed by atoms with E-state index in [4.69, 9.17) is 4.74 Å². The molecule has 0 saturated heterocycles. The minimum atomic E-state index is 0.0208. The molecular weight excluding hydrogens is 326 g/mol. The number of anilines is 1. The van der Waals surface area contributed by atoms with Gasteiger partial charge in [0, 0.05) is 24.5 Å². The molecule has 0 fully saturated rings. The number of aryl methyl sites for hydroxylation is 1. The number of carbonyl (C=O) groups excluding carboxylic acids is 1. The Hall–Kier alpha value is -3.08. The summed E-state index contributed by atoms with van der Waals surface area (Å²) in [7, 11) is 0. The van der Waals surface area contributed by atoms with Crippen LogP contribution in [0.2, 0.25) is 0 Å². The molecule has 2 aromatic carbocycles. The van der Waals surface area contributed by atoms with Crippen molar-refractivity contribution in [3.8, 4) is 11.4 Å². The number of para-hydroxylation sites is 1. The molecule has 1 aliphatic rings. The van der Waals surface area contributed by atoms with E-state index < -0.39 is 0 Å². The number of nitrogens with zero attached hydrogens (tertiary/aromatic N) is 2. The van der Waals surface area contributed by atoms with Gasteiger partial charge in [0.2, 0.25) is 5.91 Å². The number of amides is 1. The standard InChI is InChI=1S/C21H21N3O2/c1-15-7-8-17(24-11-4-10-22-24)14-19(15)23-21(25)13-16-9-12-26-20-6-3-2-5-18(16)20/h2-8,10-11,14,16H,9,12-13H2,1H3,(H,23,25). The highest BCUT2D eigenvalue weighted by molar-refractivity contribution is 5.92. The van der Waals surface area contributed by atoms with Gasteiger partial charge < -0.3 is 10.1 Å². The molecule has 0 aliphatic carbocycles. The van der Waals surface area contributed by atoms with E-state index >= 15 is 0 Å². The van der Waals surface area contributed by atoms with Gasteiger partial charge in [-0.3, -0.25) is 4.79 Å². The predicted octanol–water partition coefficient (Wildman–Crippen LogP) is 4.08. The average Bonchev–Trinajstić information content (AvgIpc) is 3.18. The minimum absolute atomic E-state index is 0.0208. The number of rotatable bonds is 4. The van der Waals surface area contributed by atoms with E-state index in [9.17, 15) is 4.79 Å². The molecule has 1 unspecified atom stereocenters. The average molecular weight is 347 g/mol. The SMILES string of the molecule is Cc1ccc(-n2cccn2)cc1NC(=O)CC1CCOc2ccccc21. The third-order valence-electron chi connectivity index (χ3n) is 4.78. The molecule has 4 rings (SSSR count). The van der Waals surface area contributed by atoms with Crippen LogP contribution in [0.3, 0.4) is 0 Å². The summed E-state index contributed by atoms with van der Waals surface area (Å²) in [5, 5.41) is 7.31. The molecule has 0 radical (unpaired) electrons. The van der Waals surface area contributed by atoms with Gasteiger partial charge in [0.25, 0.3) is 0 Å². The van der Waals surface area contributed by atoms with E-state index in [1.54, 1.807) is 10.9 Å². The van der Waals surface area contributed by atoms with Gasteiger partial charge in [-0.2, -0.15) is 5.10 Å². The second-order valence-corrected chi connectivity index (χ2v) is 6.57. The first-order valence-corrected chi connectivity index (χ1v) is 8.83. The van der Waals surface area contributed by atoms with Crippen LogP contribution in [0.5, 0.6) is 5.75 Å². The van der Waals surface area contributed by atoms with Crippen LogP contribution >= 0.6 is 0 Å². The smallest absolute Gasteiger partial charge is 0.224 e. The molecule has 0 spiro atoms. The van der Waals surface area contributed by atoms with Crippen LogP contribution in [0.15, 0.2) is 60.9 Å². The highest BCUT2D eigenvalue weighted by atomic mass is 16.5. The van der Waals surface area contributed by atoms with Gasteiger partial charge in [-0.15, -0.1) is 0 Å². The van der Waals surface area contributed by atoms with E-state index in [0.717, 1.165) is 34.7 Å². The highest BCUT2D eigenvalue weighted by Crippen LogP contribution is 2.35. The molecule has 1 amide bonds. The molecule has 26 heavy (non-hydrogen) atoms. The number of hydrogen-bond donors (Lipinski definition) is 1. The van der Waals surface area contributed by atoms with Crippen molar-refractivity contribution in [1.82, 2.24) is 9.78 Å². The minimum Gasteiger partial charge on any atom is -0.493 e. The van der Waals surface area contributed by atoms with Crippen molar-refractivity contribution >= 4 is 11.6 Å². The van der Waals surface area contributed by atoms with Crippen LogP contribution in [-0.4, -0.2) is 22.3 Å². The molecule has 0 bridgehead atoms. The van der Waals surface area contributed by atoms with Gasteiger partial charge in [0.15, 0.2) is 0 Å². The summed E-state index contributed by atoms with van der Waals surface area (Å²) in [6.07, 6.45) is 4.93. The third-order valence-corrected chi connectivity index (χ3v) is 4.78. The number of benzene rings is 2. The van der Waals surface area contributed by atoms with Crippen LogP contribution < -0.4 is 10.1 Å². The molecule has 0 saturated carbocycles. The first kappa shape index (κ1) is 16.4. The zero-order valence-electron chi connectivity index (χ0n) is 14.7. The van der Waals surface area contributed by atoms with E-state index in [0.29, 0.717) is 13.0 Å². The molecule has 1 N–H and O–H groups in total. The fourth-order valence-corrected chi connectivity index (χ4v) is 3.36. The van der Waals surface area contributed by atoms with Gasteiger partial charge in [-0.05, 0) is 54.7 Å². The Morgan fingerprint density at radius 3 is 3.00 bits per heavy atom. The summed E-state index contributed by atoms with van der Waals surface area (Å²) in [5.74, 6) is 1.11. The third kappa shape index (κ3) is 3.33. The summed E-state index contributed by atoms with van der Waals surface area (Å²) in [5.41, 5.74) is 3.90. The van der Waals surface area contributed by atoms with E-state index in [2.05, 4.69) is 16.5 Å². The van der Waals surface area contributed by atoms with Crippen LogP contribution in [0, 0.1) is 6.92 Å². The van der Waals surface area contributed by atoms with Gasteiger partial charge in [-0.1, -0.05) is 24.3 Å². The molecule has 132 valence electrons. The van der Waals surface area contributed by atoms with Gasteiger partial charge in [0.05, 0.1) is 12.3 Å². The molecule has 1 atom stereocenters. The molecule has 2 heterocycles. The van der Waals surface area contributed by atoms with Crippen molar-refractivity contribution in [3.63, 3.8) is 0 Å². The van der Waals surface area contributed by atoms with Crippen LogP contribution in [0.4, 0.5) is 5.69 Å². The fraction of sp³-hybridized carbons (Fsp3) is 0.238. The molecule has 5 heteroatoms. The van der Waals surface area contributed by atoms with Crippen molar-refractivity contribution in [3.05, 3.63) is 72.1 Å². The van der Waals surface area contributed by atoms with Crippen molar-refractivity contribution in [1.29, 1.82) is 0 Å². The zero-order chi connectivity index (χ0) is 17.9. The number of ether oxygens (including phenoxy) is 1. The summed E-state index contributed by atoms with van der Waals surface area (Å²) in [6.45, 7) is 2.65. The number of nitrogens with one attached hydrogen (secondary N) is 1. The lowest BCUT2D eigenvalue weighted by Crippen LogP contribution is -2.21. The lowest BCUT2D eigenvalue weighted by molar-refractivity contribution is -0.116.